The fourth-order valence-corrected chi connectivity index (χ4v) is 1.24. The van der Waals surface area contributed by atoms with Crippen molar-refractivity contribution in [3.63, 3.8) is 0 Å². The van der Waals surface area contributed by atoms with E-state index in [2.05, 4.69) is 4.84 Å². The zero-order chi connectivity index (χ0) is 11.5. The van der Waals surface area contributed by atoms with Gasteiger partial charge in [0.25, 0.3) is 0 Å². The Kier molecular flexibility index (Phi) is 3.71. The van der Waals surface area contributed by atoms with Crippen LogP contribution < -0.4 is 5.90 Å². The predicted molar refractivity (Wildman–Crippen MR) is 50.0 cm³/mol. The van der Waals surface area contributed by atoms with E-state index in [4.69, 9.17) is 5.90 Å². The molecular formula is C10H12F3NO. The summed E-state index contributed by atoms with van der Waals surface area (Å²) in [6.07, 6.45) is -4.29. The summed E-state index contributed by atoms with van der Waals surface area (Å²) >= 11 is 0. The summed E-state index contributed by atoms with van der Waals surface area (Å²) in [5.41, 5.74) is 0.126. The minimum absolute atomic E-state index is 0.0164. The van der Waals surface area contributed by atoms with Crippen molar-refractivity contribution in [2.75, 3.05) is 6.61 Å². The monoisotopic (exact) mass is 219 g/mol. The Morgan fingerprint density at radius 2 is 1.80 bits per heavy atom. The molecule has 1 unspecified atom stereocenters. The Morgan fingerprint density at radius 1 is 1.27 bits per heavy atom. The summed E-state index contributed by atoms with van der Waals surface area (Å²) in [6, 6.07) is 4.99. The van der Waals surface area contributed by atoms with Crippen LogP contribution in [0, 0.1) is 0 Å². The highest BCUT2D eigenvalue weighted by atomic mass is 19.4. The second-order valence-electron chi connectivity index (χ2n) is 3.35. The summed E-state index contributed by atoms with van der Waals surface area (Å²) in [5, 5.41) is 0. The molecule has 0 radical (unpaired) electrons. The van der Waals surface area contributed by atoms with Gasteiger partial charge in [0.1, 0.15) is 0 Å². The molecular weight excluding hydrogens is 207 g/mol. The highest BCUT2D eigenvalue weighted by molar-refractivity contribution is 5.26. The van der Waals surface area contributed by atoms with Crippen LogP contribution >= 0.6 is 0 Å². The summed E-state index contributed by atoms with van der Waals surface area (Å²) in [7, 11) is 0. The third-order valence-electron chi connectivity index (χ3n) is 2.15. The second-order valence-corrected chi connectivity index (χ2v) is 3.35. The van der Waals surface area contributed by atoms with Gasteiger partial charge in [-0.25, -0.2) is 5.90 Å². The average molecular weight is 219 g/mol. The number of hydrogen-bond donors (Lipinski definition) is 1. The maximum Gasteiger partial charge on any atom is 0.416 e. The van der Waals surface area contributed by atoms with E-state index in [1.165, 1.54) is 12.1 Å². The minimum Gasteiger partial charge on any atom is -0.304 e. The van der Waals surface area contributed by atoms with Crippen molar-refractivity contribution >= 4 is 0 Å². The van der Waals surface area contributed by atoms with E-state index in [0.29, 0.717) is 0 Å². The van der Waals surface area contributed by atoms with Crippen LogP contribution in [0.5, 0.6) is 0 Å². The topological polar surface area (TPSA) is 35.2 Å². The van der Waals surface area contributed by atoms with Gasteiger partial charge < -0.3 is 4.84 Å². The first-order chi connectivity index (χ1) is 6.95. The lowest BCUT2D eigenvalue weighted by Gasteiger charge is -2.12. The molecule has 5 heteroatoms. The first-order valence-corrected chi connectivity index (χ1v) is 4.44. The van der Waals surface area contributed by atoms with Crippen molar-refractivity contribution in [2.24, 2.45) is 5.90 Å². The van der Waals surface area contributed by atoms with Crippen LogP contribution in [-0.2, 0) is 11.0 Å². The SMILES string of the molecule is CC(CON)c1ccc(C(F)(F)F)cc1. The quantitative estimate of drug-likeness (QED) is 0.793. The first-order valence-electron chi connectivity index (χ1n) is 4.44. The Morgan fingerprint density at radius 3 is 2.20 bits per heavy atom. The lowest BCUT2D eigenvalue weighted by molar-refractivity contribution is -0.137. The molecule has 0 heterocycles. The van der Waals surface area contributed by atoms with Crippen LogP contribution in [-0.4, -0.2) is 6.61 Å². The molecule has 1 aromatic rings. The van der Waals surface area contributed by atoms with Crippen LogP contribution in [0.15, 0.2) is 24.3 Å². The number of halogens is 3. The number of benzene rings is 1. The number of nitrogens with two attached hydrogens (primary N) is 1. The van der Waals surface area contributed by atoms with Crippen LogP contribution in [0.1, 0.15) is 24.0 Å². The highest BCUT2D eigenvalue weighted by Crippen LogP contribution is 2.30. The number of hydrogen-bond acceptors (Lipinski definition) is 2. The highest BCUT2D eigenvalue weighted by Gasteiger charge is 2.30. The van der Waals surface area contributed by atoms with Crippen LogP contribution in [0.3, 0.4) is 0 Å². The molecule has 1 atom stereocenters. The van der Waals surface area contributed by atoms with Crippen LogP contribution in [0.4, 0.5) is 13.2 Å². The fraction of sp³-hybridized carbons (Fsp3) is 0.400. The minimum atomic E-state index is -4.29. The fourth-order valence-electron chi connectivity index (χ4n) is 1.24. The van der Waals surface area contributed by atoms with Gasteiger partial charge in [-0.2, -0.15) is 13.2 Å². The van der Waals surface area contributed by atoms with E-state index in [0.717, 1.165) is 17.7 Å². The molecule has 2 nitrogen and oxygen atoms in total. The Hall–Kier alpha value is -1.07. The molecule has 0 aliphatic heterocycles. The number of alkyl halides is 3. The van der Waals surface area contributed by atoms with Crippen molar-refractivity contribution in [3.05, 3.63) is 35.4 Å². The van der Waals surface area contributed by atoms with Gasteiger partial charge in [0.05, 0.1) is 12.2 Å². The van der Waals surface area contributed by atoms with Crippen molar-refractivity contribution in [3.8, 4) is 0 Å². The molecule has 84 valence electrons. The molecule has 0 bridgehead atoms. The molecule has 0 saturated carbocycles. The van der Waals surface area contributed by atoms with E-state index in [-0.39, 0.29) is 12.5 Å². The molecule has 0 aliphatic rings. The van der Waals surface area contributed by atoms with Gasteiger partial charge in [0.15, 0.2) is 0 Å². The van der Waals surface area contributed by atoms with E-state index in [9.17, 15) is 13.2 Å². The van der Waals surface area contributed by atoms with E-state index < -0.39 is 11.7 Å². The van der Waals surface area contributed by atoms with E-state index >= 15 is 0 Å². The predicted octanol–water partition coefficient (Wildman–Crippen LogP) is 2.70. The van der Waals surface area contributed by atoms with E-state index in [1.807, 2.05) is 6.92 Å². The standard InChI is InChI=1S/C10H12F3NO/c1-7(6-15-14)8-2-4-9(5-3-8)10(11,12)13/h2-5,7H,6,14H2,1H3. The Labute approximate surface area is 85.8 Å². The summed E-state index contributed by atoms with van der Waals surface area (Å²) < 4.78 is 36.7. The molecule has 1 rings (SSSR count). The molecule has 2 N–H and O–H groups in total. The van der Waals surface area contributed by atoms with Gasteiger partial charge in [-0.15, -0.1) is 0 Å². The van der Waals surface area contributed by atoms with Gasteiger partial charge in [0, 0.05) is 5.92 Å². The van der Waals surface area contributed by atoms with Gasteiger partial charge in [-0.1, -0.05) is 19.1 Å². The van der Waals surface area contributed by atoms with Gasteiger partial charge in [-0.3, -0.25) is 0 Å². The zero-order valence-corrected chi connectivity index (χ0v) is 8.21. The molecule has 0 spiro atoms. The lowest BCUT2D eigenvalue weighted by Crippen LogP contribution is -2.09. The zero-order valence-electron chi connectivity index (χ0n) is 8.21. The van der Waals surface area contributed by atoms with E-state index in [1.54, 1.807) is 0 Å². The van der Waals surface area contributed by atoms with Gasteiger partial charge in [-0.05, 0) is 17.7 Å². The molecule has 0 aromatic heterocycles. The molecule has 0 aliphatic carbocycles. The van der Waals surface area contributed by atoms with Crippen LogP contribution in [0.25, 0.3) is 0 Å². The summed E-state index contributed by atoms with van der Waals surface area (Å²) in [4.78, 5) is 4.43. The summed E-state index contributed by atoms with van der Waals surface area (Å²) in [6.45, 7) is 2.11. The normalized spacial score (nSPS) is 13.9. The van der Waals surface area contributed by atoms with Crippen molar-refractivity contribution in [1.29, 1.82) is 0 Å². The van der Waals surface area contributed by atoms with Crippen molar-refractivity contribution in [2.45, 2.75) is 19.0 Å². The average Bonchev–Trinajstić information content (AvgIpc) is 2.17. The van der Waals surface area contributed by atoms with Crippen LogP contribution in [0.2, 0.25) is 0 Å². The smallest absolute Gasteiger partial charge is 0.304 e. The first kappa shape index (κ1) is 12.0. The third-order valence-corrected chi connectivity index (χ3v) is 2.15. The third kappa shape index (κ3) is 3.21. The lowest BCUT2D eigenvalue weighted by atomic mass is 10.0. The maximum absolute atomic E-state index is 12.2. The summed E-state index contributed by atoms with van der Waals surface area (Å²) in [5.74, 6) is 4.87. The largest absolute Gasteiger partial charge is 0.416 e. The molecule has 0 amide bonds. The van der Waals surface area contributed by atoms with Gasteiger partial charge in [0.2, 0.25) is 0 Å². The molecule has 1 aromatic carbocycles. The number of rotatable bonds is 3. The second kappa shape index (κ2) is 4.63. The van der Waals surface area contributed by atoms with Gasteiger partial charge >= 0.3 is 6.18 Å². The molecule has 0 saturated heterocycles. The maximum atomic E-state index is 12.2. The molecule has 0 fully saturated rings. The molecule has 15 heavy (non-hydrogen) atoms. The van der Waals surface area contributed by atoms with Crippen molar-refractivity contribution < 1.29 is 18.0 Å². The Bertz CT molecular complexity index is 307. The Balaban J connectivity index is 2.81. The van der Waals surface area contributed by atoms with Crippen molar-refractivity contribution in [1.82, 2.24) is 0 Å².